The van der Waals surface area contributed by atoms with E-state index in [1.807, 2.05) is 61.8 Å². The maximum Gasteiger partial charge on any atom is 0.410 e. The molecule has 160 valence electrons. The maximum absolute atomic E-state index is 12.6. The number of benzene rings is 1. The first kappa shape index (κ1) is 21.5. The van der Waals surface area contributed by atoms with Crippen LogP contribution in [0, 0.1) is 12.8 Å². The average molecular weight is 403 g/mol. The number of piperidine rings is 1. The number of carbonyl (C=O) groups excluding carboxylic acids is 2. The molecule has 0 N–H and O–H groups in total. The molecular weight excluding hydrogens is 368 g/mol. The number of rotatable bonds is 5. The van der Waals surface area contributed by atoms with Crippen LogP contribution in [0.2, 0.25) is 0 Å². The Labute approximate surface area is 174 Å². The van der Waals surface area contributed by atoms with E-state index in [0.717, 1.165) is 31.7 Å². The number of amides is 2. The van der Waals surface area contributed by atoms with Crippen LogP contribution in [0.4, 0.5) is 4.79 Å². The third-order valence-corrected chi connectivity index (χ3v) is 5.64. The summed E-state index contributed by atoms with van der Waals surface area (Å²) < 4.78 is 11.3. The van der Waals surface area contributed by atoms with Gasteiger partial charge >= 0.3 is 6.09 Å². The van der Waals surface area contributed by atoms with Crippen molar-refractivity contribution in [3.8, 4) is 5.75 Å². The fourth-order valence-corrected chi connectivity index (χ4v) is 4.16. The van der Waals surface area contributed by atoms with Crippen LogP contribution in [-0.4, -0.2) is 59.7 Å². The first-order valence-electron chi connectivity index (χ1n) is 10.7. The number of nitrogens with zero attached hydrogens (tertiary/aromatic N) is 2. The molecule has 2 aliphatic rings. The van der Waals surface area contributed by atoms with Gasteiger partial charge in [0.15, 0.2) is 0 Å². The fraction of sp³-hybridized carbons (Fsp3) is 0.652. The Morgan fingerprint density at radius 3 is 2.52 bits per heavy atom. The molecule has 0 spiro atoms. The molecule has 0 bridgehead atoms. The topological polar surface area (TPSA) is 59.1 Å². The molecule has 3 rings (SSSR count). The lowest BCUT2D eigenvalue weighted by Gasteiger charge is -2.38. The third kappa shape index (κ3) is 5.87. The Morgan fingerprint density at radius 1 is 1.10 bits per heavy atom. The highest BCUT2D eigenvalue weighted by atomic mass is 16.6. The van der Waals surface area contributed by atoms with E-state index in [-0.39, 0.29) is 18.0 Å². The van der Waals surface area contributed by atoms with Gasteiger partial charge in [0.1, 0.15) is 11.4 Å². The summed E-state index contributed by atoms with van der Waals surface area (Å²) in [4.78, 5) is 28.9. The SMILES string of the molecule is Cc1ccc(OCCCC(=O)N2CC[C@H]3[C@H](CCN3C(=O)OC(C)(C)C)C2)cc1. The number of aryl methyl sites for hydroxylation is 1. The summed E-state index contributed by atoms with van der Waals surface area (Å²) in [7, 11) is 0. The largest absolute Gasteiger partial charge is 0.494 e. The summed E-state index contributed by atoms with van der Waals surface area (Å²) in [5.41, 5.74) is 0.722. The van der Waals surface area contributed by atoms with Crippen LogP contribution in [0.15, 0.2) is 24.3 Å². The highest BCUT2D eigenvalue weighted by Crippen LogP contribution is 2.32. The van der Waals surface area contributed by atoms with Gasteiger partial charge < -0.3 is 19.3 Å². The standard InChI is InChI=1S/C23H34N2O4/c1-17-7-9-19(10-8-17)28-15-5-6-21(26)24-13-12-20-18(16-24)11-14-25(20)22(27)29-23(2,3)4/h7-10,18,20H,5-6,11-16H2,1-4H3/t18-,20+/m1/s1. The molecule has 6 nitrogen and oxygen atoms in total. The summed E-state index contributed by atoms with van der Waals surface area (Å²) in [6.07, 6.45) is 2.75. The van der Waals surface area contributed by atoms with Crippen LogP contribution in [0.3, 0.4) is 0 Å². The maximum atomic E-state index is 12.6. The molecule has 29 heavy (non-hydrogen) atoms. The number of carbonyl (C=O) groups is 2. The van der Waals surface area contributed by atoms with E-state index in [1.165, 1.54) is 5.56 Å². The van der Waals surface area contributed by atoms with Crippen molar-refractivity contribution < 1.29 is 19.1 Å². The second kappa shape index (κ2) is 9.06. The Bertz CT molecular complexity index is 711. The van der Waals surface area contributed by atoms with Crippen LogP contribution in [-0.2, 0) is 9.53 Å². The Hall–Kier alpha value is -2.24. The van der Waals surface area contributed by atoms with Crippen LogP contribution in [0.1, 0.15) is 52.0 Å². The number of fused-ring (bicyclic) bond motifs is 1. The number of hydrogen-bond donors (Lipinski definition) is 0. The van der Waals surface area contributed by atoms with Crippen molar-refractivity contribution >= 4 is 12.0 Å². The zero-order valence-corrected chi connectivity index (χ0v) is 18.1. The molecule has 2 saturated heterocycles. The molecule has 2 fully saturated rings. The molecular formula is C23H34N2O4. The van der Waals surface area contributed by atoms with Crippen molar-refractivity contribution in [3.63, 3.8) is 0 Å². The van der Waals surface area contributed by atoms with Crippen LogP contribution in [0.5, 0.6) is 5.75 Å². The van der Waals surface area contributed by atoms with E-state index in [4.69, 9.17) is 9.47 Å². The van der Waals surface area contributed by atoms with Gasteiger partial charge in [0.25, 0.3) is 0 Å². The minimum Gasteiger partial charge on any atom is -0.494 e. The quantitative estimate of drug-likeness (QED) is 0.698. The molecule has 2 atom stereocenters. The van der Waals surface area contributed by atoms with Gasteiger partial charge in [-0.25, -0.2) is 4.79 Å². The van der Waals surface area contributed by atoms with Crippen LogP contribution >= 0.6 is 0 Å². The summed E-state index contributed by atoms with van der Waals surface area (Å²) >= 11 is 0. The smallest absolute Gasteiger partial charge is 0.410 e. The summed E-state index contributed by atoms with van der Waals surface area (Å²) in [6, 6.07) is 8.15. The molecule has 2 aliphatic heterocycles. The minimum atomic E-state index is -0.480. The zero-order valence-electron chi connectivity index (χ0n) is 18.1. The molecule has 0 aromatic heterocycles. The van der Waals surface area contributed by atoms with Crippen molar-refractivity contribution in [3.05, 3.63) is 29.8 Å². The van der Waals surface area contributed by atoms with E-state index in [1.54, 1.807) is 0 Å². The van der Waals surface area contributed by atoms with E-state index < -0.39 is 5.60 Å². The van der Waals surface area contributed by atoms with Crippen molar-refractivity contribution in [2.45, 2.75) is 65.0 Å². The van der Waals surface area contributed by atoms with Crippen LogP contribution in [0.25, 0.3) is 0 Å². The second-order valence-electron chi connectivity index (χ2n) is 9.18. The number of ether oxygens (including phenoxy) is 2. The summed E-state index contributed by atoms with van der Waals surface area (Å²) in [6.45, 7) is 10.4. The first-order chi connectivity index (χ1) is 13.7. The van der Waals surface area contributed by atoms with E-state index in [0.29, 0.717) is 31.9 Å². The van der Waals surface area contributed by atoms with E-state index >= 15 is 0 Å². The minimum absolute atomic E-state index is 0.187. The van der Waals surface area contributed by atoms with Gasteiger partial charge in [-0.05, 0) is 65.0 Å². The zero-order chi connectivity index (χ0) is 21.0. The van der Waals surface area contributed by atoms with Gasteiger partial charge in [0, 0.05) is 32.1 Å². The lowest BCUT2D eigenvalue weighted by atomic mass is 9.92. The van der Waals surface area contributed by atoms with Gasteiger partial charge in [-0.1, -0.05) is 17.7 Å². The third-order valence-electron chi connectivity index (χ3n) is 5.64. The molecule has 1 aromatic rings. The van der Waals surface area contributed by atoms with Gasteiger partial charge in [0.2, 0.25) is 5.91 Å². The monoisotopic (exact) mass is 402 g/mol. The number of likely N-dealkylation sites (tertiary alicyclic amines) is 2. The molecule has 0 unspecified atom stereocenters. The Balaban J connectivity index is 1.41. The molecule has 1 aromatic carbocycles. The molecule has 0 saturated carbocycles. The molecule has 6 heteroatoms. The van der Waals surface area contributed by atoms with Gasteiger partial charge in [-0.3, -0.25) is 4.79 Å². The number of hydrogen-bond acceptors (Lipinski definition) is 4. The predicted molar refractivity (Wildman–Crippen MR) is 112 cm³/mol. The van der Waals surface area contributed by atoms with Crippen molar-refractivity contribution in [2.75, 3.05) is 26.2 Å². The second-order valence-corrected chi connectivity index (χ2v) is 9.18. The summed E-state index contributed by atoms with van der Waals surface area (Å²) in [5.74, 6) is 1.38. The molecule has 2 amide bonds. The average Bonchev–Trinajstić information content (AvgIpc) is 3.08. The van der Waals surface area contributed by atoms with Crippen LogP contribution < -0.4 is 4.74 Å². The Morgan fingerprint density at radius 2 is 1.83 bits per heavy atom. The lowest BCUT2D eigenvalue weighted by Crippen LogP contribution is -2.50. The summed E-state index contributed by atoms with van der Waals surface area (Å²) in [5, 5.41) is 0. The predicted octanol–water partition coefficient (Wildman–Crippen LogP) is 4.01. The Kier molecular flexibility index (Phi) is 6.70. The highest BCUT2D eigenvalue weighted by molar-refractivity contribution is 5.76. The van der Waals surface area contributed by atoms with Crippen molar-refractivity contribution in [1.29, 1.82) is 0 Å². The van der Waals surface area contributed by atoms with E-state index in [9.17, 15) is 9.59 Å². The molecule has 0 radical (unpaired) electrons. The van der Waals surface area contributed by atoms with Gasteiger partial charge in [0.05, 0.1) is 6.61 Å². The highest BCUT2D eigenvalue weighted by Gasteiger charge is 2.42. The van der Waals surface area contributed by atoms with Gasteiger partial charge in [-0.2, -0.15) is 0 Å². The molecule has 0 aliphatic carbocycles. The normalized spacial score (nSPS) is 21.7. The van der Waals surface area contributed by atoms with Crippen molar-refractivity contribution in [2.24, 2.45) is 5.92 Å². The van der Waals surface area contributed by atoms with Gasteiger partial charge in [-0.15, -0.1) is 0 Å². The molecule has 2 heterocycles. The fourth-order valence-electron chi connectivity index (χ4n) is 4.16. The van der Waals surface area contributed by atoms with E-state index in [2.05, 4.69) is 0 Å². The van der Waals surface area contributed by atoms with Crippen molar-refractivity contribution in [1.82, 2.24) is 9.80 Å². The first-order valence-corrected chi connectivity index (χ1v) is 10.7. The lowest BCUT2D eigenvalue weighted by molar-refractivity contribution is -0.133.